The van der Waals surface area contributed by atoms with E-state index in [0.29, 0.717) is 5.92 Å². The predicted molar refractivity (Wildman–Crippen MR) is 62.3 cm³/mol. The van der Waals surface area contributed by atoms with E-state index in [9.17, 15) is 4.79 Å². The zero-order chi connectivity index (χ0) is 11.4. The van der Waals surface area contributed by atoms with E-state index in [-0.39, 0.29) is 12.1 Å². The van der Waals surface area contributed by atoms with E-state index in [4.69, 9.17) is 4.74 Å². The Bertz CT molecular complexity index is 233. The Morgan fingerprint density at radius 1 is 1.38 bits per heavy atom. The Hall–Kier alpha value is -0.770. The van der Waals surface area contributed by atoms with Crippen molar-refractivity contribution in [2.75, 3.05) is 26.3 Å². The Labute approximate surface area is 97.3 Å². The number of nitrogens with one attached hydrogen (secondary N) is 1. The molecular weight excluding hydrogens is 204 g/mol. The van der Waals surface area contributed by atoms with Crippen LogP contribution in [0, 0.1) is 5.92 Å². The normalized spacial score (nSPS) is 27.8. The number of carbonyl (C=O) groups excluding carboxylic acids is 1. The van der Waals surface area contributed by atoms with Crippen molar-refractivity contribution in [2.24, 2.45) is 5.92 Å². The lowest BCUT2D eigenvalue weighted by Crippen LogP contribution is -2.48. The highest BCUT2D eigenvalue weighted by Gasteiger charge is 2.25. The molecule has 0 aromatic rings. The van der Waals surface area contributed by atoms with Crippen LogP contribution in [0.5, 0.6) is 0 Å². The number of carbonyl (C=O) groups is 1. The summed E-state index contributed by atoms with van der Waals surface area (Å²) in [5.41, 5.74) is 0. The number of rotatable bonds is 2. The van der Waals surface area contributed by atoms with Gasteiger partial charge < -0.3 is 15.0 Å². The number of likely N-dealkylation sites (tertiary alicyclic amines) is 1. The second kappa shape index (κ2) is 5.53. The first-order valence-electron chi connectivity index (χ1n) is 6.40. The lowest BCUT2D eigenvalue weighted by Gasteiger charge is -2.29. The second-order valence-electron chi connectivity index (χ2n) is 4.91. The van der Waals surface area contributed by atoms with Gasteiger partial charge in [0.25, 0.3) is 0 Å². The smallest absolute Gasteiger partial charge is 0.317 e. The summed E-state index contributed by atoms with van der Waals surface area (Å²) in [7, 11) is 0. The average molecular weight is 226 g/mol. The first kappa shape index (κ1) is 11.7. The molecule has 0 spiro atoms. The van der Waals surface area contributed by atoms with Gasteiger partial charge in [0.15, 0.2) is 0 Å². The Morgan fingerprint density at radius 3 is 2.75 bits per heavy atom. The van der Waals surface area contributed by atoms with Gasteiger partial charge in [-0.15, -0.1) is 0 Å². The van der Waals surface area contributed by atoms with E-state index in [1.807, 2.05) is 4.90 Å². The molecular formula is C12H22N2O2. The molecule has 1 N–H and O–H groups in total. The molecule has 2 aliphatic rings. The summed E-state index contributed by atoms with van der Waals surface area (Å²) >= 11 is 0. The van der Waals surface area contributed by atoms with Crippen LogP contribution < -0.4 is 5.32 Å². The molecule has 0 aromatic heterocycles. The molecule has 2 amide bonds. The quantitative estimate of drug-likeness (QED) is 0.777. The van der Waals surface area contributed by atoms with Crippen LogP contribution in [0.3, 0.4) is 0 Å². The average Bonchev–Trinajstić information content (AvgIpc) is 2.83. The lowest BCUT2D eigenvalue weighted by atomic mass is 10.0. The first-order chi connectivity index (χ1) is 7.77. The summed E-state index contributed by atoms with van der Waals surface area (Å²) in [6, 6.07) is 0.344. The highest BCUT2D eigenvalue weighted by molar-refractivity contribution is 5.74. The van der Waals surface area contributed by atoms with Gasteiger partial charge in [-0.1, -0.05) is 0 Å². The van der Waals surface area contributed by atoms with E-state index in [2.05, 4.69) is 12.2 Å². The van der Waals surface area contributed by atoms with Crippen molar-refractivity contribution in [3.63, 3.8) is 0 Å². The fourth-order valence-electron chi connectivity index (χ4n) is 2.45. The summed E-state index contributed by atoms with van der Waals surface area (Å²) in [6.45, 7) is 5.55. The number of urea groups is 1. The van der Waals surface area contributed by atoms with E-state index in [1.54, 1.807) is 0 Å². The fourth-order valence-corrected chi connectivity index (χ4v) is 2.45. The molecule has 0 aliphatic carbocycles. The van der Waals surface area contributed by atoms with Gasteiger partial charge in [0.2, 0.25) is 0 Å². The molecule has 2 atom stereocenters. The van der Waals surface area contributed by atoms with Gasteiger partial charge in [0.1, 0.15) is 0 Å². The third-order valence-corrected chi connectivity index (χ3v) is 3.67. The zero-order valence-electron chi connectivity index (χ0n) is 10.1. The Morgan fingerprint density at radius 2 is 2.12 bits per heavy atom. The number of hydrogen-bond acceptors (Lipinski definition) is 2. The third-order valence-electron chi connectivity index (χ3n) is 3.67. The number of hydrogen-bond donors (Lipinski definition) is 1. The monoisotopic (exact) mass is 226 g/mol. The van der Waals surface area contributed by atoms with E-state index >= 15 is 0 Å². The maximum absolute atomic E-state index is 11.9. The van der Waals surface area contributed by atoms with Gasteiger partial charge in [-0.25, -0.2) is 4.79 Å². The van der Waals surface area contributed by atoms with Crippen LogP contribution >= 0.6 is 0 Å². The second-order valence-corrected chi connectivity index (χ2v) is 4.91. The number of piperidine rings is 1. The molecule has 92 valence electrons. The van der Waals surface area contributed by atoms with Crippen molar-refractivity contribution < 1.29 is 9.53 Å². The van der Waals surface area contributed by atoms with E-state index < -0.39 is 0 Å². The standard InChI is InChI=1S/C12H22N2O2/c1-10(11-5-8-16-9-11)13-12(15)14-6-3-2-4-7-14/h10-11H,2-9H2,1H3,(H,13,15). The van der Waals surface area contributed by atoms with E-state index in [1.165, 1.54) is 6.42 Å². The maximum atomic E-state index is 11.9. The molecule has 0 aromatic carbocycles. The Kier molecular flexibility index (Phi) is 4.04. The molecule has 4 nitrogen and oxygen atoms in total. The summed E-state index contributed by atoms with van der Waals surface area (Å²) in [5, 5.41) is 3.10. The molecule has 2 heterocycles. The minimum absolute atomic E-state index is 0.110. The SMILES string of the molecule is CC(NC(=O)N1CCCCC1)C1CCOC1. The minimum atomic E-state index is 0.110. The lowest BCUT2D eigenvalue weighted by molar-refractivity contribution is 0.166. The van der Waals surface area contributed by atoms with Crippen molar-refractivity contribution in [1.82, 2.24) is 10.2 Å². The molecule has 0 bridgehead atoms. The van der Waals surface area contributed by atoms with Crippen LogP contribution in [0.25, 0.3) is 0 Å². The summed E-state index contributed by atoms with van der Waals surface area (Å²) in [4.78, 5) is 13.9. The summed E-state index contributed by atoms with van der Waals surface area (Å²) in [5.74, 6) is 0.494. The van der Waals surface area contributed by atoms with Gasteiger partial charge >= 0.3 is 6.03 Å². The van der Waals surface area contributed by atoms with Crippen molar-refractivity contribution >= 4 is 6.03 Å². The van der Waals surface area contributed by atoms with Crippen molar-refractivity contribution in [3.8, 4) is 0 Å². The van der Waals surface area contributed by atoms with Gasteiger partial charge in [-0.2, -0.15) is 0 Å². The molecule has 0 saturated carbocycles. The van der Waals surface area contributed by atoms with Gasteiger partial charge in [-0.05, 0) is 32.6 Å². The minimum Gasteiger partial charge on any atom is -0.381 e. The maximum Gasteiger partial charge on any atom is 0.317 e. The molecule has 4 heteroatoms. The molecule has 16 heavy (non-hydrogen) atoms. The molecule has 2 aliphatic heterocycles. The summed E-state index contributed by atoms with van der Waals surface area (Å²) in [6.07, 6.45) is 4.62. The first-order valence-corrected chi connectivity index (χ1v) is 6.40. The van der Waals surface area contributed by atoms with Crippen LogP contribution in [0.4, 0.5) is 4.79 Å². The Balaban J connectivity index is 1.76. The molecule has 2 unspecified atom stereocenters. The van der Waals surface area contributed by atoms with Crippen LogP contribution in [0.2, 0.25) is 0 Å². The van der Waals surface area contributed by atoms with Gasteiger partial charge in [0.05, 0.1) is 6.61 Å². The molecule has 2 fully saturated rings. The zero-order valence-corrected chi connectivity index (χ0v) is 10.1. The predicted octanol–water partition coefficient (Wildman–Crippen LogP) is 1.61. The highest BCUT2D eigenvalue weighted by Crippen LogP contribution is 2.17. The van der Waals surface area contributed by atoms with Crippen LogP contribution in [0.1, 0.15) is 32.6 Å². The summed E-state index contributed by atoms with van der Waals surface area (Å²) < 4.78 is 5.34. The topological polar surface area (TPSA) is 41.6 Å². The van der Waals surface area contributed by atoms with E-state index in [0.717, 1.165) is 45.6 Å². The molecule has 2 saturated heterocycles. The van der Waals surface area contributed by atoms with Crippen LogP contribution in [-0.4, -0.2) is 43.3 Å². The molecule has 2 rings (SSSR count). The number of ether oxygens (including phenoxy) is 1. The van der Waals surface area contributed by atoms with Crippen LogP contribution in [-0.2, 0) is 4.74 Å². The van der Waals surface area contributed by atoms with Crippen molar-refractivity contribution in [2.45, 2.75) is 38.6 Å². The fraction of sp³-hybridized carbons (Fsp3) is 0.917. The molecule has 0 radical (unpaired) electrons. The van der Waals surface area contributed by atoms with Gasteiger partial charge in [-0.3, -0.25) is 0 Å². The van der Waals surface area contributed by atoms with Crippen LogP contribution in [0.15, 0.2) is 0 Å². The number of amides is 2. The largest absolute Gasteiger partial charge is 0.381 e. The van der Waals surface area contributed by atoms with Crippen molar-refractivity contribution in [3.05, 3.63) is 0 Å². The third kappa shape index (κ3) is 2.88. The van der Waals surface area contributed by atoms with Gasteiger partial charge in [0, 0.05) is 31.7 Å². The van der Waals surface area contributed by atoms with Crippen molar-refractivity contribution in [1.29, 1.82) is 0 Å². The highest BCUT2D eigenvalue weighted by atomic mass is 16.5. The number of nitrogens with zero attached hydrogens (tertiary/aromatic N) is 1.